The van der Waals surface area contributed by atoms with Crippen molar-refractivity contribution in [3.63, 3.8) is 0 Å². The van der Waals surface area contributed by atoms with Crippen molar-refractivity contribution in [2.75, 3.05) is 26.2 Å². The van der Waals surface area contributed by atoms with E-state index in [-0.39, 0.29) is 5.41 Å². The summed E-state index contributed by atoms with van der Waals surface area (Å²) < 4.78 is 5.79. The highest BCUT2D eigenvalue weighted by atomic mass is 16.5. The summed E-state index contributed by atoms with van der Waals surface area (Å²) in [5, 5.41) is 3.38. The minimum absolute atomic E-state index is 0.192. The van der Waals surface area contributed by atoms with Crippen molar-refractivity contribution < 1.29 is 9.53 Å². The van der Waals surface area contributed by atoms with Crippen LogP contribution in [0.15, 0.2) is 0 Å². The van der Waals surface area contributed by atoms with Crippen LogP contribution in [0.2, 0.25) is 0 Å². The van der Waals surface area contributed by atoms with Gasteiger partial charge in [-0.15, -0.1) is 0 Å². The van der Waals surface area contributed by atoms with E-state index in [4.69, 9.17) is 4.74 Å². The molecule has 0 bridgehead atoms. The van der Waals surface area contributed by atoms with Gasteiger partial charge in [0.05, 0.1) is 24.2 Å². The first-order valence-electron chi connectivity index (χ1n) is 7.34. The van der Waals surface area contributed by atoms with Gasteiger partial charge >= 0.3 is 0 Å². The molecule has 0 radical (unpaired) electrons. The molecule has 2 heterocycles. The molecule has 3 unspecified atom stereocenters. The summed E-state index contributed by atoms with van der Waals surface area (Å²) >= 11 is 0. The van der Waals surface area contributed by atoms with Gasteiger partial charge in [-0.05, 0) is 45.6 Å². The fourth-order valence-corrected chi connectivity index (χ4v) is 3.76. The first kappa shape index (κ1) is 12.4. The maximum Gasteiger partial charge on any atom is 0.230 e. The summed E-state index contributed by atoms with van der Waals surface area (Å²) in [7, 11) is 0. The number of fused-ring (bicyclic) bond motifs is 1. The van der Waals surface area contributed by atoms with Gasteiger partial charge in [0.25, 0.3) is 0 Å². The maximum absolute atomic E-state index is 12.8. The Morgan fingerprint density at radius 1 is 1.39 bits per heavy atom. The van der Waals surface area contributed by atoms with Crippen LogP contribution >= 0.6 is 0 Å². The minimum atomic E-state index is -0.192. The molecule has 3 atom stereocenters. The van der Waals surface area contributed by atoms with Gasteiger partial charge in [-0.3, -0.25) is 4.79 Å². The third kappa shape index (κ3) is 2.05. The molecule has 2 saturated heterocycles. The molecule has 18 heavy (non-hydrogen) atoms. The second-order valence-electron chi connectivity index (χ2n) is 6.25. The van der Waals surface area contributed by atoms with Gasteiger partial charge in [-0.1, -0.05) is 0 Å². The normalized spacial score (nSPS) is 40.6. The second-order valence-corrected chi connectivity index (χ2v) is 6.25. The molecule has 0 aromatic heterocycles. The molecule has 1 N–H and O–H groups in total. The third-order valence-corrected chi connectivity index (χ3v) is 4.86. The van der Waals surface area contributed by atoms with Crippen molar-refractivity contribution in [2.45, 2.75) is 51.2 Å². The summed E-state index contributed by atoms with van der Waals surface area (Å²) in [6, 6.07) is 0.352. The van der Waals surface area contributed by atoms with Crippen molar-refractivity contribution in [1.29, 1.82) is 0 Å². The monoisotopic (exact) mass is 252 g/mol. The number of amides is 1. The summed E-state index contributed by atoms with van der Waals surface area (Å²) in [5.74, 6) is 0.356. The molecule has 2 aliphatic heterocycles. The van der Waals surface area contributed by atoms with Gasteiger partial charge in [0.1, 0.15) is 0 Å². The SMILES string of the molecule is CC1(C(=O)N2CCOC3CCCC32)CCCNC1. The zero-order chi connectivity index (χ0) is 12.6. The van der Waals surface area contributed by atoms with Crippen molar-refractivity contribution in [3.8, 4) is 0 Å². The fourth-order valence-electron chi connectivity index (χ4n) is 3.76. The zero-order valence-corrected chi connectivity index (χ0v) is 11.3. The Morgan fingerprint density at radius 3 is 3.06 bits per heavy atom. The number of piperidine rings is 1. The topological polar surface area (TPSA) is 41.6 Å². The third-order valence-electron chi connectivity index (χ3n) is 4.86. The summed E-state index contributed by atoms with van der Waals surface area (Å²) in [6.07, 6.45) is 5.90. The molecular weight excluding hydrogens is 228 g/mol. The number of ether oxygens (including phenoxy) is 1. The fraction of sp³-hybridized carbons (Fsp3) is 0.929. The Kier molecular flexibility index (Phi) is 3.32. The van der Waals surface area contributed by atoms with Gasteiger partial charge in [0.15, 0.2) is 0 Å². The van der Waals surface area contributed by atoms with Crippen LogP contribution in [0.5, 0.6) is 0 Å². The molecule has 0 aromatic carbocycles. The number of hydrogen-bond donors (Lipinski definition) is 1. The molecule has 102 valence electrons. The first-order chi connectivity index (χ1) is 8.71. The Bertz CT molecular complexity index is 326. The molecule has 0 aromatic rings. The largest absolute Gasteiger partial charge is 0.374 e. The van der Waals surface area contributed by atoms with Gasteiger partial charge in [0, 0.05) is 13.1 Å². The van der Waals surface area contributed by atoms with E-state index in [1.807, 2.05) is 0 Å². The molecule has 0 spiro atoms. The van der Waals surface area contributed by atoms with Crippen molar-refractivity contribution >= 4 is 5.91 Å². The molecule has 1 aliphatic carbocycles. The lowest BCUT2D eigenvalue weighted by Crippen LogP contribution is -2.58. The minimum Gasteiger partial charge on any atom is -0.374 e. The zero-order valence-electron chi connectivity index (χ0n) is 11.3. The average Bonchev–Trinajstić information content (AvgIpc) is 2.87. The Morgan fingerprint density at radius 2 is 2.28 bits per heavy atom. The Labute approximate surface area is 109 Å². The second kappa shape index (κ2) is 4.82. The van der Waals surface area contributed by atoms with Gasteiger partial charge < -0.3 is 15.0 Å². The quantitative estimate of drug-likeness (QED) is 0.761. The Balaban J connectivity index is 1.74. The lowest BCUT2D eigenvalue weighted by atomic mass is 9.81. The van der Waals surface area contributed by atoms with E-state index >= 15 is 0 Å². The number of morpholine rings is 1. The van der Waals surface area contributed by atoms with Crippen molar-refractivity contribution in [2.24, 2.45) is 5.41 Å². The smallest absolute Gasteiger partial charge is 0.230 e. The van der Waals surface area contributed by atoms with Crippen molar-refractivity contribution in [1.82, 2.24) is 10.2 Å². The number of nitrogens with one attached hydrogen (secondary N) is 1. The van der Waals surface area contributed by atoms with Crippen LogP contribution in [-0.2, 0) is 9.53 Å². The molecule has 3 rings (SSSR count). The molecule has 1 saturated carbocycles. The lowest BCUT2D eigenvalue weighted by molar-refractivity contribution is -0.155. The first-order valence-corrected chi connectivity index (χ1v) is 7.34. The van der Waals surface area contributed by atoms with E-state index in [2.05, 4.69) is 17.1 Å². The van der Waals surface area contributed by atoms with Crippen LogP contribution in [0.25, 0.3) is 0 Å². The average molecular weight is 252 g/mol. The Hall–Kier alpha value is -0.610. The van der Waals surface area contributed by atoms with E-state index in [0.717, 1.165) is 51.9 Å². The molecular formula is C14H24N2O2. The standard InChI is InChI=1S/C14H24N2O2/c1-14(6-3-7-15-10-14)13(17)16-8-9-18-12-5-2-4-11(12)16/h11-12,15H,2-10H2,1H3. The highest BCUT2D eigenvalue weighted by Gasteiger charge is 2.44. The van der Waals surface area contributed by atoms with E-state index in [0.29, 0.717) is 18.1 Å². The highest BCUT2D eigenvalue weighted by Crippen LogP contribution is 2.35. The van der Waals surface area contributed by atoms with Crippen LogP contribution in [0, 0.1) is 5.41 Å². The van der Waals surface area contributed by atoms with Crippen LogP contribution in [0.3, 0.4) is 0 Å². The van der Waals surface area contributed by atoms with E-state index in [9.17, 15) is 4.79 Å². The van der Waals surface area contributed by atoms with Gasteiger partial charge in [0.2, 0.25) is 5.91 Å². The molecule has 1 amide bonds. The van der Waals surface area contributed by atoms with Crippen LogP contribution < -0.4 is 5.32 Å². The summed E-state index contributed by atoms with van der Waals surface area (Å²) in [6.45, 7) is 5.52. The molecule has 3 fully saturated rings. The predicted octanol–water partition coefficient (Wildman–Crippen LogP) is 1.16. The molecule has 4 nitrogen and oxygen atoms in total. The number of carbonyl (C=O) groups excluding carboxylic acids is 1. The van der Waals surface area contributed by atoms with Crippen LogP contribution in [-0.4, -0.2) is 49.2 Å². The maximum atomic E-state index is 12.8. The summed E-state index contributed by atoms with van der Waals surface area (Å²) in [5.41, 5.74) is -0.192. The summed E-state index contributed by atoms with van der Waals surface area (Å²) in [4.78, 5) is 15.0. The van der Waals surface area contributed by atoms with E-state index < -0.39 is 0 Å². The number of carbonyl (C=O) groups is 1. The lowest BCUT2D eigenvalue weighted by Gasteiger charge is -2.43. The number of rotatable bonds is 1. The van der Waals surface area contributed by atoms with Gasteiger partial charge in [-0.2, -0.15) is 0 Å². The van der Waals surface area contributed by atoms with Gasteiger partial charge in [-0.25, -0.2) is 0 Å². The van der Waals surface area contributed by atoms with Crippen LogP contribution in [0.1, 0.15) is 39.0 Å². The molecule has 4 heteroatoms. The van der Waals surface area contributed by atoms with E-state index in [1.165, 1.54) is 6.42 Å². The number of nitrogens with zero attached hydrogens (tertiary/aromatic N) is 1. The predicted molar refractivity (Wildman–Crippen MR) is 69.3 cm³/mol. The van der Waals surface area contributed by atoms with Crippen LogP contribution in [0.4, 0.5) is 0 Å². The van der Waals surface area contributed by atoms with Crippen molar-refractivity contribution in [3.05, 3.63) is 0 Å². The number of hydrogen-bond acceptors (Lipinski definition) is 3. The highest BCUT2D eigenvalue weighted by molar-refractivity contribution is 5.83. The molecule has 3 aliphatic rings. The van der Waals surface area contributed by atoms with E-state index in [1.54, 1.807) is 0 Å².